The van der Waals surface area contributed by atoms with Crippen molar-refractivity contribution in [3.8, 4) is 0 Å². The quantitative estimate of drug-likeness (QED) is 0.392. The van der Waals surface area contributed by atoms with Gasteiger partial charge in [0.1, 0.15) is 0 Å². The van der Waals surface area contributed by atoms with Crippen molar-refractivity contribution < 1.29 is 19.1 Å². The molecule has 3 rings (SSSR count). The molecule has 0 aliphatic carbocycles. The zero-order valence-electron chi connectivity index (χ0n) is 16.1. The number of carbonyl (C=O) groups is 3. The predicted octanol–water partition coefficient (Wildman–Crippen LogP) is 4.02. The van der Waals surface area contributed by atoms with Gasteiger partial charge in [-0.1, -0.05) is 36.4 Å². The molecule has 1 aromatic heterocycles. The molecule has 0 radical (unpaired) electrons. The van der Waals surface area contributed by atoms with Crippen molar-refractivity contribution in [2.24, 2.45) is 0 Å². The molecule has 1 N–H and O–H groups in total. The van der Waals surface area contributed by atoms with Gasteiger partial charge in [0.2, 0.25) is 0 Å². The van der Waals surface area contributed by atoms with Crippen molar-refractivity contribution in [2.45, 2.75) is 20.0 Å². The summed E-state index contributed by atoms with van der Waals surface area (Å²) in [6.07, 6.45) is 1.73. The molecule has 0 bridgehead atoms. The van der Waals surface area contributed by atoms with Crippen LogP contribution in [-0.4, -0.2) is 28.7 Å². The van der Waals surface area contributed by atoms with Gasteiger partial charge in [0, 0.05) is 17.0 Å². The number of nitrogens with zero attached hydrogens (tertiary/aromatic N) is 1. The van der Waals surface area contributed by atoms with Gasteiger partial charge in [-0.05, 0) is 44.2 Å². The van der Waals surface area contributed by atoms with Gasteiger partial charge in [-0.3, -0.25) is 9.59 Å². The van der Waals surface area contributed by atoms with Crippen molar-refractivity contribution in [3.05, 3.63) is 78.0 Å². The molecule has 0 saturated carbocycles. The first-order valence-corrected chi connectivity index (χ1v) is 9.09. The molecule has 0 aliphatic rings. The lowest BCUT2D eigenvalue weighted by molar-refractivity contribution is -0.148. The third-order valence-electron chi connectivity index (χ3n) is 4.24. The summed E-state index contributed by atoms with van der Waals surface area (Å²) in [5.74, 6) is -1.36. The Morgan fingerprint density at radius 3 is 2.52 bits per heavy atom. The van der Waals surface area contributed by atoms with Crippen LogP contribution in [0, 0.1) is 0 Å². The van der Waals surface area contributed by atoms with E-state index in [1.54, 1.807) is 30.3 Å². The van der Waals surface area contributed by atoms with Crippen LogP contribution in [0.4, 0.5) is 5.69 Å². The number of nitrogens with one attached hydrogen (secondary N) is 1. The summed E-state index contributed by atoms with van der Waals surface area (Å²) >= 11 is 0. The number of amides is 1. The number of anilines is 1. The number of ether oxygens (including phenoxy) is 1. The Labute approximate surface area is 168 Å². The SMILES string of the molecule is CC(=O)c1ccccc1NC(=O)C(C)OC(=O)/C=C/c1ccc2ccccc2n1. The first kappa shape index (κ1) is 19.9. The van der Waals surface area contributed by atoms with Gasteiger partial charge >= 0.3 is 5.97 Å². The maximum Gasteiger partial charge on any atom is 0.331 e. The highest BCUT2D eigenvalue weighted by Gasteiger charge is 2.18. The number of para-hydroxylation sites is 2. The van der Waals surface area contributed by atoms with Crippen LogP contribution in [0.2, 0.25) is 0 Å². The first-order chi connectivity index (χ1) is 13.9. The van der Waals surface area contributed by atoms with Crippen molar-refractivity contribution in [1.29, 1.82) is 0 Å². The zero-order chi connectivity index (χ0) is 20.8. The van der Waals surface area contributed by atoms with E-state index in [9.17, 15) is 14.4 Å². The van der Waals surface area contributed by atoms with Gasteiger partial charge in [0.25, 0.3) is 5.91 Å². The average molecular weight is 388 g/mol. The minimum absolute atomic E-state index is 0.170. The molecule has 6 nitrogen and oxygen atoms in total. The molecule has 6 heteroatoms. The smallest absolute Gasteiger partial charge is 0.331 e. The topological polar surface area (TPSA) is 85.4 Å². The van der Waals surface area contributed by atoms with Gasteiger partial charge in [-0.2, -0.15) is 0 Å². The normalized spacial score (nSPS) is 11.9. The summed E-state index contributed by atoms with van der Waals surface area (Å²) in [5, 5.41) is 3.62. The maximum absolute atomic E-state index is 12.3. The number of hydrogen-bond donors (Lipinski definition) is 1. The zero-order valence-corrected chi connectivity index (χ0v) is 16.1. The second-order valence-corrected chi connectivity index (χ2v) is 6.43. The number of fused-ring (bicyclic) bond motifs is 1. The molecule has 29 heavy (non-hydrogen) atoms. The lowest BCUT2D eigenvalue weighted by Crippen LogP contribution is -2.30. The molecule has 0 aliphatic heterocycles. The van der Waals surface area contributed by atoms with Crippen LogP contribution in [0.3, 0.4) is 0 Å². The fourth-order valence-corrected chi connectivity index (χ4v) is 2.73. The Bertz CT molecular complexity index is 1100. The molecular formula is C23H20N2O4. The highest BCUT2D eigenvalue weighted by atomic mass is 16.5. The summed E-state index contributed by atoms with van der Waals surface area (Å²) in [5.41, 5.74) is 2.19. The second-order valence-electron chi connectivity index (χ2n) is 6.43. The number of rotatable bonds is 6. The van der Waals surface area contributed by atoms with Crippen LogP contribution in [0.15, 0.2) is 66.7 Å². The molecule has 0 saturated heterocycles. The van der Waals surface area contributed by atoms with E-state index in [-0.39, 0.29) is 5.78 Å². The minimum Gasteiger partial charge on any atom is -0.449 e. The monoisotopic (exact) mass is 388 g/mol. The number of ketones is 1. The molecule has 1 amide bonds. The Morgan fingerprint density at radius 2 is 1.72 bits per heavy atom. The number of hydrogen-bond acceptors (Lipinski definition) is 5. The summed E-state index contributed by atoms with van der Waals surface area (Å²) in [4.78, 5) is 40.4. The molecule has 1 heterocycles. The molecule has 1 unspecified atom stereocenters. The van der Waals surface area contributed by atoms with Crippen molar-refractivity contribution in [3.63, 3.8) is 0 Å². The van der Waals surface area contributed by atoms with E-state index in [1.807, 2.05) is 30.3 Å². The number of pyridine rings is 1. The van der Waals surface area contributed by atoms with Crippen LogP contribution >= 0.6 is 0 Å². The van der Waals surface area contributed by atoms with Crippen molar-refractivity contribution in [2.75, 3.05) is 5.32 Å². The molecule has 146 valence electrons. The fourth-order valence-electron chi connectivity index (χ4n) is 2.73. The highest BCUT2D eigenvalue weighted by molar-refractivity contribution is 6.05. The molecule has 2 aromatic carbocycles. The standard InChI is InChI=1S/C23H20N2O4/c1-15(26)19-8-4-6-10-21(19)25-23(28)16(2)29-22(27)14-13-18-12-11-17-7-3-5-9-20(17)24-18/h3-14,16H,1-2H3,(H,25,28)/b14-13+. The molecule has 1 atom stereocenters. The van der Waals surface area contributed by atoms with E-state index in [0.29, 0.717) is 16.9 Å². The Morgan fingerprint density at radius 1 is 1.00 bits per heavy atom. The van der Waals surface area contributed by atoms with Crippen LogP contribution in [0.25, 0.3) is 17.0 Å². The number of aromatic nitrogens is 1. The summed E-state index contributed by atoms with van der Waals surface area (Å²) in [6, 6.07) is 18.0. The van der Waals surface area contributed by atoms with E-state index < -0.39 is 18.0 Å². The average Bonchev–Trinajstić information content (AvgIpc) is 2.72. The summed E-state index contributed by atoms with van der Waals surface area (Å²) in [6.45, 7) is 2.88. The number of Topliss-reactive ketones (excluding diaryl/α,β-unsaturated/α-hetero) is 1. The third-order valence-corrected chi connectivity index (χ3v) is 4.24. The summed E-state index contributed by atoms with van der Waals surface area (Å²) < 4.78 is 5.14. The number of carbonyl (C=O) groups excluding carboxylic acids is 3. The molecule has 0 spiro atoms. The second kappa shape index (κ2) is 8.93. The highest BCUT2D eigenvalue weighted by Crippen LogP contribution is 2.16. The van der Waals surface area contributed by atoms with Crippen LogP contribution in [-0.2, 0) is 14.3 Å². The molecular weight excluding hydrogens is 368 g/mol. The maximum atomic E-state index is 12.3. The number of esters is 1. The van der Waals surface area contributed by atoms with Gasteiger partial charge in [0.15, 0.2) is 11.9 Å². The van der Waals surface area contributed by atoms with E-state index in [2.05, 4.69) is 10.3 Å². The Hall–Kier alpha value is -3.80. The lowest BCUT2D eigenvalue weighted by atomic mass is 10.1. The van der Waals surface area contributed by atoms with Gasteiger partial charge < -0.3 is 10.1 Å². The van der Waals surface area contributed by atoms with Crippen LogP contribution < -0.4 is 5.32 Å². The summed E-state index contributed by atoms with van der Waals surface area (Å²) in [7, 11) is 0. The van der Waals surface area contributed by atoms with E-state index in [4.69, 9.17) is 4.74 Å². The lowest BCUT2D eigenvalue weighted by Gasteiger charge is -2.14. The van der Waals surface area contributed by atoms with Gasteiger partial charge in [-0.15, -0.1) is 0 Å². The third kappa shape index (κ3) is 5.13. The Balaban J connectivity index is 1.61. The predicted molar refractivity (Wildman–Crippen MR) is 111 cm³/mol. The van der Waals surface area contributed by atoms with Crippen molar-refractivity contribution in [1.82, 2.24) is 4.98 Å². The first-order valence-electron chi connectivity index (χ1n) is 9.09. The van der Waals surface area contributed by atoms with Gasteiger partial charge in [-0.25, -0.2) is 9.78 Å². The molecule has 0 fully saturated rings. The van der Waals surface area contributed by atoms with E-state index in [1.165, 1.54) is 26.0 Å². The minimum atomic E-state index is -1.03. The fraction of sp³-hybridized carbons (Fsp3) is 0.130. The Kier molecular flexibility index (Phi) is 6.14. The van der Waals surface area contributed by atoms with Crippen LogP contribution in [0.5, 0.6) is 0 Å². The number of benzene rings is 2. The van der Waals surface area contributed by atoms with E-state index >= 15 is 0 Å². The van der Waals surface area contributed by atoms with Gasteiger partial charge in [0.05, 0.1) is 16.9 Å². The largest absolute Gasteiger partial charge is 0.449 e. The van der Waals surface area contributed by atoms with Crippen LogP contribution in [0.1, 0.15) is 29.9 Å². The molecule has 3 aromatic rings. The van der Waals surface area contributed by atoms with E-state index in [0.717, 1.165) is 10.9 Å². The van der Waals surface area contributed by atoms with Crippen molar-refractivity contribution >= 4 is 40.3 Å².